The monoisotopic (exact) mass is 181 g/mol. The van der Waals surface area contributed by atoms with E-state index in [0.717, 1.165) is 0 Å². The van der Waals surface area contributed by atoms with Crippen LogP contribution in [0.15, 0.2) is 0 Å². The van der Waals surface area contributed by atoms with Crippen LogP contribution in [-0.4, -0.2) is 46.3 Å². The molecule has 4 nitrogen and oxygen atoms in total. The summed E-state index contributed by atoms with van der Waals surface area (Å²) in [4.78, 5) is 10.9. The highest BCUT2D eigenvalue weighted by Crippen LogP contribution is 2.31. The van der Waals surface area contributed by atoms with Gasteiger partial charge in [0.05, 0.1) is 19.2 Å². The summed E-state index contributed by atoms with van der Waals surface area (Å²) in [6.07, 6.45) is -2.00. The summed E-state index contributed by atoms with van der Waals surface area (Å²) < 4.78 is 25.2. The zero-order valence-corrected chi connectivity index (χ0v) is 6.20. The topological polar surface area (TPSA) is 60.8 Å². The Bertz CT molecular complexity index is 197. The zero-order valence-electron chi connectivity index (χ0n) is 6.20. The standard InChI is InChI=1S/C6H9F2NO3/c7-6(8)1-4(2-10)9(3-6)5(11)12/h4,10H,1-3H2,(H,11,12). The van der Waals surface area contributed by atoms with Gasteiger partial charge in [0.1, 0.15) is 0 Å². The zero-order chi connectivity index (χ0) is 9.35. The van der Waals surface area contributed by atoms with Crippen molar-refractivity contribution in [2.75, 3.05) is 13.2 Å². The minimum absolute atomic E-state index is 0.554. The van der Waals surface area contributed by atoms with Gasteiger partial charge < -0.3 is 10.2 Å². The highest BCUT2D eigenvalue weighted by Gasteiger charge is 2.46. The largest absolute Gasteiger partial charge is 0.465 e. The normalized spacial score (nSPS) is 27.6. The fraction of sp³-hybridized carbons (Fsp3) is 0.833. The predicted octanol–water partition coefficient (Wildman–Crippen LogP) is 0.366. The van der Waals surface area contributed by atoms with Crippen molar-refractivity contribution in [2.24, 2.45) is 0 Å². The molecule has 1 aliphatic heterocycles. The first-order valence-corrected chi connectivity index (χ1v) is 3.44. The lowest BCUT2D eigenvalue weighted by molar-refractivity contribution is 0.0123. The molecular weight excluding hydrogens is 172 g/mol. The van der Waals surface area contributed by atoms with Crippen molar-refractivity contribution >= 4 is 6.09 Å². The van der Waals surface area contributed by atoms with Crippen molar-refractivity contribution in [2.45, 2.75) is 18.4 Å². The van der Waals surface area contributed by atoms with E-state index in [9.17, 15) is 13.6 Å². The van der Waals surface area contributed by atoms with Gasteiger partial charge in [0.2, 0.25) is 0 Å². The van der Waals surface area contributed by atoms with E-state index >= 15 is 0 Å². The Morgan fingerprint density at radius 2 is 2.25 bits per heavy atom. The van der Waals surface area contributed by atoms with Crippen molar-refractivity contribution < 1.29 is 23.8 Å². The Hall–Kier alpha value is -0.910. The van der Waals surface area contributed by atoms with Gasteiger partial charge in [-0.25, -0.2) is 13.6 Å². The van der Waals surface area contributed by atoms with Gasteiger partial charge in [0.25, 0.3) is 5.92 Å². The molecule has 0 aromatic carbocycles. The van der Waals surface area contributed by atoms with E-state index in [4.69, 9.17) is 10.2 Å². The molecule has 1 aliphatic rings. The second-order valence-corrected chi connectivity index (χ2v) is 2.81. The molecule has 0 spiro atoms. The van der Waals surface area contributed by atoms with Gasteiger partial charge in [-0.1, -0.05) is 0 Å². The van der Waals surface area contributed by atoms with Crippen molar-refractivity contribution in [3.8, 4) is 0 Å². The van der Waals surface area contributed by atoms with Crippen LogP contribution >= 0.6 is 0 Å². The quantitative estimate of drug-likeness (QED) is 0.614. The fourth-order valence-corrected chi connectivity index (χ4v) is 1.28. The van der Waals surface area contributed by atoms with Crippen molar-refractivity contribution in [1.29, 1.82) is 0 Å². The molecule has 1 amide bonds. The van der Waals surface area contributed by atoms with E-state index in [-0.39, 0.29) is 0 Å². The lowest BCUT2D eigenvalue weighted by Gasteiger charge is -2.17. The van der Waals surface area contributed by atoms with Crippen LogP contribution in [0.5, 0.6) is 0 Å². The third-order valence-electron chi connectivity index (χ3n) is 1.83. The first kappa shape index (κ1) is 9.18. The van der Waals surface area contributed by atoms with Gasteiger partial charge in [-0.05, 0) is 0 Å². The summed E-state index contributed by atoms with van der Waals surface area (Å²) in [6.45, 7) is -1.37. The van der Waals surface area contributed by atoms with E-state index in [1.54, 1.807) is 0 Å². The maximum atomic E-state index is 12.6. The maximum absolute atomic E-state index is 12.6. The first-order chi connectivity index (χ1) is 5.46. The molecule has 0 aliphatic carbocycles. The number of hydrogen-bond donors (Lipinski definition) is 2. The number of aliphatic hydroxyl groups is 1. The fourth-order valence-electron chi connectivity index (χ4n) is 1.28. The Morgan fingerprint density at radius 1 is 1.67 bits per heavy atom. The van der Waals surface area contributed by atoms with Gasteiger partial charge in [-0.3, -0.25) is 4.90 Å². The highest BCUT2D eigenvalue weighted by molar-refractivity contribution is 5.66. The molecule has 1 unspecified atom stereocenters. The smallest absolute Gasteiger partial charge is 0.407 e. The van der Waals surface area contributed by atoms with E-state index in [1.165, 1.54) is 0 Å². The number of amides is 1. The van der Waals surface area contributed by atoms with Crippen LogP contribution in [0.3, 0.4) is 0 Å². The Balaban J connectivity index is 2.69. The molecule has 70 valence electrons. The first-order valence-electron chi connectivity index (χ1n) is 3.44. The average Bonchev–Trinajstić information content (AvgIpc) is 2.25. The van der Waals surface area contributed by atoms with Crippen LogP contribution in [-0.2, 0) is 0 Å². The number of alkyl halides is 2. The molecule has 0 aromatic rings. The third kappa shape index (κ3) is 1.63. The predicted molar refractivity (Wildman–Crippen MR) is 35.2 cm³/mol. The Kier molecular flexibility index (Phi) is 2.18. The summed E-state index contributed by atoms with van der Waals surface area (Å²) in [6, 6.07) is -0.961. The van der Waals surface area contributed by atoms with Crippen LogP contribution in [0, 0.1) is 0 Å². The molecule has 1 saturated heterocycles. The molecule has 0 aromatic heterocycles. The molecule has 0 saturated carbocycles. The second-order valence-electron chi connectivity index (χ2n) is 2.81. The number of rotatable bonds is 1. The minimum atomic E-state index is -2.99. The number of likely N-dealkylation sites (tertiary alicyclic amines) is 1. The summed E-state index contributed by atoms with van der Waals surface area (Å²) in [5, 5.41) is 17.0. The summed E-state index contributed by atoms with van der Waals surface area (Å²) in [7, 11) is 0. The number of nitrogens with zero attached hydrogens (tertiary/aromatic N) is 1. The van der Waals surface area contributed by atoms with E-state index < -0.39 is 37.6 Å². The Labute approximate surface area is 67.4 Å². The lowest BCUT2D eigenvalue weighted by atomic mass is 10.2. The van der Waals surface area contributed by atoms with Gasteiger partial charge in [-0.15, -0.1) is 0 Å². The molecule has 12 heavy (non-hydrogen) atoms. The van der Waals surface area contributed by atoms with Crippen LogP contribution in [0.1, 0.15) is 6.42 Å². The van der Waals surface area contributed by atoms with Crippen LogP contribution < -0.4 is 0 Å². The summed E-state index contributed by atoms with van der Waals surface area (Å²) in [5.74, 6) is -2.99. The summed E-state index contributed by atoms with van der Waals surface area (Å²) >= 11 is 0. The van der Waals surface area contributed by atoms with Crippen molar-refractivity contribution in [3.05, 3.63) is 0 Å². The minimum Gasteiger partial charge on any atom is -0.465 e. The van der Waals surface area contributed by atoms with Gasteiger partial charge in [0.15, 0.2) is 0 Å². The second kappa shape index (κ2) is 2.85. The number of carbonyl (C=O) groups is 1. The van der Waals surface area contributed by atoms with E-state index in [0.29, 0.717) is 4.90 Å². The molecule has 1 rings (SSSR count). The third-order valence-corrected chi connectivity index (χ3v) is 1.83. The van der Waals surface area contributed by atoms with Crippen molar-refractivity contribution in [1.82, 2.24) is 4.90 Å². The molecule has 1 heterocycles. The lowest BCUT2D eigenvalue weighted by Crippen LogP contribution is -2.37. The van der Waals surface area contributed by atoms with Crippen LogP contribution in [0.2, 0.25) is 0 Å². The maximum Gasteiger partial charge on any atom is 0.407 e. The van der Waals surface area contributed by atoms with Gasteiger partial charge in [0, 0.05) is 6.42 Å². The number of halogens is 2. The van der Waals surface area contributed by atoms with Crippen LogP contribution in [0.25, 0.3) is 0 Å². The summed E-state index contributed by atoms with van der Waals surface area (Å²) in [5.41, 5.74) is 0. The van der Waals surface area contributed by atoms with Gasteiger partial charge in [-0.2, -0.15) is 0 Å². The molecular formula is C6H9F2NO3. The molecule has 1 fully saturated rings. The Morgan fingerprint density at radius 3 is 2.58 bits per heavy atom. The molecule has 1 atom stereocenters. The molecule has 0 bridgehead atoms. The van der Waals surface area contributed by atoms with E-state index in [2.05, 4.69) is 0 Å². The molecule has 6 heteroatoms. The highest BCUT2D eigenvalue weighted by atomic mass is 19.3. The van der Waals surface area contributed by atoms with Gasteiger partial charge >= 0.3 is 6.09 Å². The van der Waals surface area contributed by atoms with Crippen molar-refractivity contribution in [3.63, 3.8) is 0 Å². The van der Waals surface area contributed by atoms with E-state index in [1.807, 2.05) is 0 Å². The number of hydrogen-bond acceptors (Lipinski definition) is 2. The molecule has 2 N–H and O–H groups in total. The molecule has 0 radical (unpaired) electrons. The SMILES string of the molecule is O=C(O)N1CC(F)(F)CC1CO. The van der Waals surface area contributed by atoms with Crippen LogP contribution in [0.4, 0.5) is 13.6 Å². The number of carboxylic acid groups (broad SMARTS) is 1. The number of aliphatic hydroxyl groups excluding tert-OH is 1. The average molecular weight is 181 g/mol.